The smallest absolute Gasteiger partial charge is 0.269 e. The first-order valence-corrected chi connectivity index (χ1v) is 11.6. The minimum absolute atomic E-state index is 0.155. The first kappa shape index (κ1) is 22.6. The van der Waals surface area contributed by atoms with Crippen LogP contribution in [-0.4, -0.2) is 46.9 Å². The third-order valence-electron chi connectivity index (χ3n) is 7.26. The van der Waals surface area contributed by atoms with Crippen molar-refractivity contribution in [2.24, 2.45) is 16.9 Å². The summed E-state index contributed by atoms with van der Waals surface area (Å²) in [6, 6.07) is 17.7. The van der Waals surface area contributed by atoms with Gasteiger partial charge < -0.3 is 4.74 Å². The molecule has 3 aliphatic heterocycles. The molecule has 10 heteroatoms. The molecule has 0 aromatic heterocycles. The van der Waals surface area contributed by atoms with Gasteiger partial charge in [-0.15, -0.1) is 0 Å². The fraction of sp³-hybridized carbons (Fsp3) is 0.185. The number of amides is 2. The van der Waals surface area contributed by atoms with Gasteiger partial charge in [0.25, 0.3) is 5.69 Å². The molecular formula is C27H20N4O6. The van der Waals surface area contributed by atoms with E-state index in [0.29, 0.717) is 11.3 Å². The molecule has 2 fully saturated rings. The highest BCUT2D eigenvalue weighted by molar-refractivity contribution is 6.24. The lowest BCUT2D eigenvalue weighted by molar-refractivity contribution is -0.384. The summed E-state index contributed by atoms with van der Waals surface area (Å²) in [6.45, 7) is 0. The van der Waals surface area contributed by atoms with Crippen molar-refractivity contribution < 1.29 is 24.0 Å². The predicted molar refractivity (Wildman–Crippen MR) is 132 cm³/mol. The number of nitro benzene ring substituents is 1. The molecule has 0 unspecified atom stereocenters. The number of nitro groups is 1. The highest BCUT2D eigenvalue weighted by Crippen LogP contribution is 2.53. The largest absolute Gasteiger partial charge is 0.497 e. The number of ketones is 1. The van der Waals surface area contributed by atoms with Crippen molar-refractivity contribution in [1.82, 2.24) is 5.01 Å². The third-order valence-corrected chi connectivity index (χ3v) is 7.26. The Morgan fingerprint density at radius 1 is 0.946 bits per heavy atom. The second-order valence-electron chi connectivity index (χ2n) is 9.07. The van der Waals surface area contributed by atoms with Crippen molar-refractivity contribution in [2.45, 2.75) is 12.1 Å². The number of anilines is 1. The molecule has 0 aliphatic carbocycles. The van der Waals surface area contributed by atoms with Crippen molar-refractivity contribution >= 4 is 35.2 Å². The number of imide groups is 1. The van der Waals surface area contributed by atoms with Crippen LogP contribution in [0.5, 0.6) is 5.75 Å². The van der Waals surface area contributed by atoms with E-state index in [1.54, 1.807) is 35.5 Å². The fourth-order valence-electron chi connectivity index (χ4n) is 5.57. The molecule has 6 rings (SSSR count). The number of nitrogens with zero attached hydrogens (tertiary/aromatic N) is 4. The van der Waals surface area contributed by atoms with E-state index in [2.05, 4.69) is 5.10 Å². The average Bonchev–Trinajstić information content (AvgIpc) is 3.40. The van der Waals surface area contributed by atoms with Crippen LogP contribution in [0.1, 0.15) is 27.5 Å². The normalized spacial score (nSPS) is 23.5. The zero-order valence-corrected chi connectivity index (χ0v) is 19.6. The monoisotopic (exact) mass is 496 g/mol. The van der Waals surface area contributed by atoms with Gasteiger partial charge in [-0.05, 0) is 47.5 Å². The van der Waals surface area contributed by atoms with Crippen LogP contribution >= 0.6 is 0 Å². The lowest BCUT2D eigenvalue weighted by atomic mass is 9.83. The first-order valence-electron chi connectivity index (χ1n) is 11.6. The molecule has 2 amide bonds. The molecule has 0 saturated carbocycles. The number of benzene rings is 3. The van der Waals surface area contributed by atoms with Crippen LogP contribution in [0.25, 0.3) is 0 Å². The Morgan fingerprint density at radius 3 is 2.30 bits per heavy atom. The van der Waals surface area contributed by atoms with Crippen LogP contribution in [0.2, 0.25) is 0 Å². The van der Waals surface area contributed by atoms with Crippen molar-refractivity contribution in [3.63, 3.8) is 0 Å². The summed E-state index contributed by atoms with van der Waals surface area (Å²) in [7, 11) is 1.53. The highest BCUT2D eigenvalue weighted by Gasteiger charge is 2.65. The van der Waals surface area contributed by atoms with Gasteiger partial charge in [0.05, 0.1) is 41.8 Å². The Labute approximate surface area is 210 Å². The topological polar surface area (TPSA) is 122 Å². The minimum Gasteiger partial charge on any atom is -0.497 e. The van der Waals surface area contributed by atoms with Crippen LogP contribution < -0.4 is 9.64 Å². The van der Waals surface area contributed by atoms with Gasteiger partial charge in [0, 0.05) is 17.7 Å². The summed E-state index contributed by atoms with van der Waals surface area (Å²) >= 11 is 0. The van der Waals surface area contributed by atoms with E-state index in [0.717, 1.165) is 16.0 Å². The van der Waals surface area contributed by atoms with E-state index >= 15 is 0 Å². The van der Waals surface area contributed by atoms with Gasteiger partial charge in [-0.25, -0.2) is 4.90 Å². The number of carbonyl (C=O) groups excluding carboxylic acids is 3. The molecule has 0 N–H and O–H groups in total. The van der Waals surface area contributed by atoms with Gasteiger partial charge in [-0.2, -0.15) is 5.10 Å². The maximum absolute atomic E-state index is 13.9. The fourth-order valence-corrected chi connectivity index (χ4v) is 5.57. The molecule has 3 aromatic rings. The Hall–Kier alpha value is -4.86. The molecule has 3 aromatic carbocycles. The Morgan fingerprint density at radius 2 is 1.62 bits per heavy atom. The average molecular weight is 496 g/mol. The standard InChI is InChI=1S/C27H20N4O6/c1-37-19-12-6-15(7-13-19)25(32)24-22-21(23-20-5-3-2-4-16(20)14-28-30(23)24)26(33)29(27(22)34)17-8-10-18(11-9-17)31(35)36/h2-14,21-24H,1H3/t21-,22-,23+,24-/m0/s1. The molecule has 0 spiro atoms. The zero-order valence-electron chi connectivity index (χ0n) is 19.6. The number of hydrazone groups is 1. The summed E-state index contributed by atoms with van der Waals surface area (Å²) in [6.07, 6.45) is 1.64. The number of non-ortho nitro benzene ring substituents is 1. The van der Waals surface area contributed by atoms with Crippen molar-refractivity contribution in [3.05, 3.63) is 99.6 Å². The maximum atomic E-state index is 13.9. The van der Waals surface area contributed by atoms with Crippen LogP contribution in [0.15, 0.2) is 77.9 Å². The first-order chi connectivity index (χ1) is 17.9. The summed E-state index contributed by atoms with van der Waals surface area (Å²) < 4.78 is 5.19. The number of Topliss-reactive ketones (excluding diaryl/α,β-unsaturated/α-hetero) is 1. The second kappa shape index (κ2) is 8.37. The van der Waals surface area contributed by atoms with E-state index in [-0.39, 0.29) is 17.2 Å². The Bertz CT molecular complexity index is 1480. The van der Waals surface area contributed by atoms with Gasteiger partial charge in [0.2, 0.25) is 11.8 Å². The lowest BCUT2D eigenvalue weighted by Gasteiger charge is -2.33. The van der Waals surface area contributed by atoms with Gasteiger partial charge in [-0.1, -0.05) is 24.3 Å². The number of carbonyl (C=O) groups is 3. The van der Waals surface area contributed by atoms with Gasteiger partial charge in [0.15, 0.2) is 5.78 Å². The summed E-state index contributed by atoms with van der Waals surface area (Å²) in [5, 5.41) is 17.2. The van der Waals surface area contributed by atoms with Crippen molar-refractivity contribution in [3.8, 4) is 5.75 Å². The Kier molecular flexibility index (Phi) is 5.11. The molecule has 2 saturated heterocycles. The summed E-state index contributed by atoms with van der Waals surface area (Å²) in [5.41, 5.74) is 2.06. The molecule has 4 atom stereocenters. The molecule has 37 heavy (non-hydrogen) atoms. The molecule has 3 aliphatic rings. The molecular weight excluding hydrogens is 476 g/mol. The highest BCUT2D eigenvalue weighted by atomic mass is 16.6. The summed E-state index contributed by atoms with van der Waals surface area (Å²) in [4.78, 5) is 53.1. The molecule has 184 valence electrons. The predicted octanol–water partition coefficient (Wildman–Crippen LogP) is 3.36. The third kappa shape index (κ3) is 3.33. The van der Waals surface area contributed by atoms with Gasteiger partial charge in [-0.3, -0.25) is 29.5 Å². The van der Waals surface area contributed by atoms with Crippen molar-refractivity contribution in [1.29, 1.82) is 0 Å². The summed E-state index contributed by atoms with van der Waals surface area (Å²) in [5.74, 6) is -2.57. The number of rotatable bonds is 5. The number of ether oxygens (including phenoxy) is 1. The Balaban J connectivity index is 1.45. The van der Waals surface area contributed by atoms with Crippen LogP contribution in [0.4, 0.5) is 11.4 Å². The van der Waals surface area contributed by atoms with E-state index in [9.17, 15) is 24.5 Å². The number of hydrogen-bond donors (Lipinski definition) is 0. The molecule has 0 radical (unpaired) electrons. The van der Waals surface area contributed by atoms with E-state index in [1.807, 2.05) is 24.3 Å². The lowest BCUT2D eigenvalue weighted by Crippen LogP contribution is -2.44. The van der Waals surface area contributed by atoms with E-state index in [1.165, 1.54) is 31.4 Å². The SMILES string of the molecule is COc1ccc(C(=O)[C@@H]2[C@H]3C(=O)N(c4ccc([N+](=O)[O-])cc4)C(=O)[C@@H]3[C@H]3c4ccccc4C=NN23)cc1. The molecule has 0 bridgehead atoms. The van der Waals surface area contributed by atoms with Crippen LogP contribution in [0.3, 0.4) is 0 Å². The number of hydrogen-bond acceptors (Lipinski definition) is 8. The number of methoxy groups -OCH3 is 1. The van der Waals surface area contributed by atoms with Gasteiger partial charge in [0.1, 0.15) is 11.8 Å². The van der Waals surface area contributed by atoms with Gasteiger partial charge >= 0.3 is 0 Å². The maximum Gasteiger partial charge on any atom is 0.269 e. The zero-order chi connectivity index (χ0) is 25.8. The number of fused-ring (bicyclic) bond motifs is 5. The molecule has 10 nitrogen and oxygen atoms in total. The minimum atomic E-state index is -1.01. The van der Waals surface area contributed by atoms with E-state index in [4.69, 9.17) is 4.74 Å². The van der Waals surface area contributed by atoms with Crippen molar-refractivity contribution in [2.75, 3.05) is 12.0 Å². The molecule has 3 heterocycles. The second-order valence-corrected chi connectivity index (χ2v) is 9.07. The quantitative estimate of drug-likeness (QED) is 0.230. The van der Waals surface area contributed by atoms with Crippen LogP contribution in [-0.2, 0) is 9.59 Å². The van der Waals surface area contributed by atoms with E-state index < -0.39 is 40.7 Å². The van der Waals surface area contributed by atoms with Crippen LogP contribution in [0, 0.1) is 22.0 Å².